The minimum atomic E-state index is -0.596. The predicted molar refractivity (Wildman–Crippen MR) is 128 cm³/mol. The third kappa shape index (κ3) is 4.62. The molecule has 0 aromatic heterocycles. The highest BCUT2D eigenvalue weighted by Gasteiger charge is 2.39. The number of hydrogen-bond acceptors (Lipinski definition) is 5. The number of halogens is 2. The maximum atomic E-state index is 13.0. The fraction of sp³-hybridized carbons (Fsp3) is 0.0800. The summed E-state index contributed by atoms with van der Waals surface area (Å²) in [6, 6.07) is 18.2. The molecule has 1 N–H and O–H groups in total. The van der Waals surface area contributed by atoms with E-state index in [1.807, 2.05) is 26.0 Å². The molecule has 3 aromatic rings. The number of nitrogens with zero attached hydrogens (tertiary/aromatic N) is 1. The second-order valence-corrected chi connectivity index (χ2v) is 8.28. The summed E-state index contributed by atoms with van der Waals surface area (Å²) in [6.45, 7) is 3.69. The molecule has 0 fully saturated rings. The van der Waals surface area contributed by atoms with Crippen LogP contribution in [0, 0.1) is 13.8 Å². The molecule has 0 atom stereocenters. The lowest BCUT2D eigenvalue weighted by Gasteiger charge is -2.18. The SMILES string of the molecule is Cc1ccc(C)c(N2C(=O)C(Cl)=C(Nc3ccc(C(=O)Oc4ccc(Cl)cc4)cc3)C2=O)c1. The molecule has 3 aromatic carbocycles. The normalized spacial score (nSPS) is 13.5. The number of carbonyl (C=O) groups excluding carboxylic acids is 3. The summed E-state index contributed by atoms with van der Waals surface area (Å²) in [7, 11) is 0. The molecule has 4 rings (SSSR count). The lowest BCUT2D eigenvalue weighted by Crippen LogP contribution is -2.32. The minimum absolute atomic E-state index is 0.0286. The van der Waals surface area contributed by atoms with E-state index in [0.29, 0.717) is 27.7 Å². The summed E-state index contributed by atoms with van der Waals surface area (Å²) >= 11 is 12.0. The molecule has 8 heteroatoms. The zero-order valence-corrected chi connectivity index (χ0v) is 19.2. The Morgan fingerprint density at radius 1 is 0.879 bits per heavy atom. The molecule has 1 heterocycles. The van der Waals surface area contributed by atoms with Crippen molar-refractivity contribution in [2.75, 3.05) is 10.2 Å². The van der Waals surface area contributed by atoms with Gasteiger partial charge in [0.05, 0.1) is 11.3 Å². The molecule has 2 amide bonds. The fourth-order valence-electron chi connectivity index (χ4n) is 3.29. The summed E-state index contributed by atoms with van der Waals surface area (Å²) in [5.41, 5.74) is 2.93. The van der Waals surface area contributed by atoms with Gasteiger partial charge in [0.25, 0.3) is 11.8 Å². The highest BCUT2D eigenvalue weighted by atomic mass is 35.5. The highest BCUT2D eigenvalue weighted by molar-refractivity contribution is 6.53. The Kier molecular flexibility index (Phi) is 6.22. The maximum Gasteiger partial charge on any atom is 0.343 e. The second-order valence-electron chi connectivity index (χ2n) is 7.47. The van der Waals surface area contributed by atoms with E-state index < -0.39 is 17.8 Å². The van der Waals surface area contributed by atoms with Gasteiger partial charge in [-0.05, 0) is 79.6 Å². The van der Waals surface area contributed by atoms with Gasteiger partial charge in [-0.2, -0.15) is 0 Å². The first-order chi connectivity index (χ1) is 15.7. The molecule has 0 bridgehead atoms. The molecule has 1 aliphatic heterocycles. The molecular formula is C25H18Cl2N2O4. The number of anilines is 2. The number of aryl methyl sites for hydroxylation is 2. The van der Waals surface area contributed by atoms with E-state index in [-0.39, 0.29) is 10.7 Å². The molecule has 0 radical (unpaired) electrons. The molecule has 1 aliphatic rings. The molecule has 0 spiro atoms. The van der Waals surface area contributed by atoms with Gasteiger partial charge in [-0.15, -0.1) is 0 Å². The van der Waals surface area contributed by atoms with Gasteiger partial charge in [-0.1, -0.05) is 35.3 Å². The summed E-state index contributed by atoms with van der Waals surface area (Å²) in [6.07, 6.45) is 0. The van der Waals surface area contributed by atoms with Crippen molar-refractivity contribution in [1.82, 2.24) is 0 Å². The third-order valence-corrected chi connectivity index (χ3v) is 5.65. The number of esters is 1. The average molecular weight is 481 g/mol. The van der Waals surface area contributed by atoms with E-state index in [9.17, 15) is 14.4 Å². The number of ether oxygens (including phenoxy) is 1. The van der Waals surface area contributed by atoms with Crippen LogP contribution in [0.5, 0.6) is 5.75 Å². The van der Waals surface area contributed by atoms with Crippen LogP contribution in [0.25, 0.3) is 0 Å². The van der Waals surface area contributed by atoms with Gasteiger partial charge in [0.1, 0.15) is 16.5 Å². The lowest BCUT2D eigenvalue weighted by atomic mass is 10.1. The number of imide groups is 1. The van der Waals surface area contributed by atoms with E-state index >= 15 is 0 Å². The number of benzene rings is 3. The van der Waals surface area contributed by atoms with E-state index in [2.05, 4.69) is 5.32 Å². The third-order valence-electron chi connectivity index (χ3n) is 5.05. The van der Waals surface area contributed by atoms with Crippen LogP contribution in [0.1, 0.15) is 21.5 Å². The first-order valence-electron chi connectivity index (χ1n) is 9.95. The van der Waals surface area contributed by atoms with Crippen LogP contribution >= 0.6 is 23.2 Å². The molecule has 0 unspecified atom stereocenters. The quantitative estimate of drug-likeness (QED) is 0.291. The van der Waals surface area contributed by atoms with Gasteiger partial charge in [-0.25, -0.2) is 9.69 Å². The van der Waals surface area contributed by atoms with E-state index in [1.54, 1.807) is 54.6 Å². The summed E-state index contributed by atoms with van der Waals surface area (Å²) in [5, 5.41) is 3.23. The van der Waals surface area contributed by atoms with Crippen LogP contribution in [0.15, 0.2) is 77.5 Å². The largest absolute Gasteiger partial charge is 0.423 e. The monoisotopic (exact) mass is 480 g/mol. The Morgan fingerprint density at radius 2 is 1.55 bits per heavy atom. The van der Waals surface area contributed by atoms with E-state index in [1.165, 1.54) is 0 Å². The number of amides is 2. The van der Waals surface area contributed by atoms with Crippen molar-refractivity contribution in [2.24, 2.45) is 0 Å². The van der Waals surface area contributed by atoms with Crippen LogP contribution in [-0.4, -0.2) is 17.8 Å². The first-order valence-corrected chi connectivity index (χ1v) is 10.7. The van der Waals surface area contributed by atoms with Gasteiger partial charge in [0, 0.05) is 10.7 Å². The van der Waals surface area contributed by atoms with Crippen molar-refractivity contribution in [3.63, 3.8) is 0 Å². The smallest absolute Gasteiger partial charge is 0.343 e. The van der Waals surface area contributed by atoms with Crippen molar-refractivity contribution >= 4 is 52.4 Å². The van der Waals surface area contributed by atoms with E-state index in [0.717, 1.165) is 16.0 Å². The number of carbonyl (C=O) groups is 3. The molecular weight excluding hydrogens is 463 g/mol. The van der Waals surface area contributed by atoms with Crippen molar-refractivity contribution in [2.45, 2.75) is 13.8 Å². The van der Waals surface area contributed by atoms with Gasteiger partial charge >= 0.3 is 5.97 Å². The minimum Gasteiger partial charge on any atom is -0.423 e. The van der Waals surface area contributed by atoms with Crippen molar-refractivity contribution in [3.05, 3.63) is 99.2 Å². The zero-order valence-electron chi connectivity index (χ0n) is 17.7. The Morgan fingerprint density at radius 3 is 2.21 bits per heavy atom. The van der Waals surface area contributed by atoms with Crippen molar-refractivity contribution < 1.29 is 19.1 Å². The zero-order chi connectivity index (χ0) is 23.7. The Labute approximate surface area is 200 Å². The van der Waals surface area contributed by atoms with Crippen LogP contribution in [0.2, 0.25) is 5.02 Å². The van der Waals surface area contributed by atoms with Gasteiger partial charge in [-0.3, -0.25) is 9.59 Å². The molecule has 0 saturated carbocycles. The van der Waals surface area contributed by atoms with E-state index in [4.69, 9.17) is 27.9 Å². The lowest BCUT2D eigenvalue weighted by molar-refractivity contribution is -0.120. The second kappa shape index (κ2) is 9.10. The molecule has 33 heavy (non-hydrogen) atoms. The van der Waals surface area contributed by atoms with Crippen molar-refractivity contribution in [3.8, 4) is 5.75 Å². The summed E-state index contributed by atoms with van der Waals surface area (Å²) in [5.74, 6) is -1.33. The Balaban J connectivity index is 1.50. The van der Waals surface area contributed by atoms with Crippen LogP contribution in [-0.2, 0) is 9.59 Å². The topological polar surface area (TPSA) is 75.7 Å². The Bertz CT molecular complexity index is 1300. The molecule has 6 nitrogen and oxygen atoms in total. The fourth-order valence-corrected chi connectivity index (χ4v) is 3.63. The van der Waals surface area contributed by atoms with Gasteiger partial charge < -0.3 is 10.1 Å². The number of nitrogens with one attached hydrogen (secondary N) is 1. The summed E-state index contributed by atoms with van der Waals surface area (Å²) in [4.78, 5) is 39.1. The van der Waals surface area contributed by atoms with Gasteiger partial charge in [0.2, 0.25) is 0 Å². The average Bonchev–Trinajstić information content (AvgIpc) is 3.00. The van der Waals surface area contributed by atoms with Crippen LogP contribution < -0.4 is 15.0 Å². The standard InChI is InChI=1S/C25H18Cl2N2O4/c1-14-3-4-15(2)20(13-14)29-23(30)21(27)22(24(29)31)28-18-9-5-16(6-10-18)25(32)33-19-11-7-17(26)8-12-19/h3-13,28H,1-2H3. The van der Waals surface area contributed by atoms with Gasteiger partial charge in [0.15, 0.2) is 0 Å². The predicted octanol–water partition coefficient (Wildman–Crippen LogP) is 5.61. The van der Waals surface area contributed by atoms with Crippen LogP contribution in [0.3, 0.4) is 0 Å². The number of hydrogen-bond donors (Lipinski definition) is 1. The summed E-state index contributed by atoms with van der Waals surface area (Å²) < 4.78 is 5.31. The molecule has 0 saturated heterocycles. The van der Waals surface area contributed by atoms with Crippen LogP contribution in [0.4, 0.5) is 11.4 Å². The van der Waals surface area contributed by atoms with Crippen molar-refractivity contribution in [1.29, 1.82) is 0 Å². The first kappa shape index (κ1) is 22.6. The maximum absolute atomic E-state index is 13.0. The molecule has 166 valence electrons. The molecule has 0 aliphatic carbocycles. The highest BCUT2D eigenvalue weighted by Crippen LogP contribution is 2.32. The Hall–Kier alpha value is -3.61. The number of rotatable bonds is 5.